The van der Waals surface area contributed by atoms with Gasteiger partial charge in [0.15, 0.2) is 0 Å². The maximum atomic E-state index is 5.63. The molecule has 1 aliphatic carbocycles. The van der Waals surface area contributed by atoms with E-state index in [1.165, 1.54) is 151 Å². The molecule has 2 aliphatic heterocycles. The smallest absolute Gasteiger partial charge is 0.0587 e. The van der Waals surface area contributed by atoms with Gasteiger partial charge < -0.3 is 88.9 Å². The van der Waals surface area contributed by atoms with E-state index in [-0.39, 0.29) is 0 Å². The predicted octanol–water partition coefficient (Wildman–Crippen LogP) is 15.8. The number of hydrogen-bond donors (Lipinski definition) is 12. The molecule has 3 fully saturated rings. The molecule has 8 rings (SSSR count). The zero-order valence-corrected chi connectivity index (χ0v) is 73.2. The Labute approximate surface area is 667 Å². The van der Waals surface area contributed by atoms with Crippen LogP contribution in [0.5, 0.6) is 0 Å². The molecule has 108 heavy (non-hydrogen) atoms. The van der Waals surface area contributed by atoms with Crippen molar-refractivity contribution in [1.29, 1.82) is 0 Å². The third-order valence-electron chi connectivity index (χ3n) is 16.1. The van der Waals surface area contributed by atoms with Crippen LogP contribution in [0, 0.1) is 5.92 Å². The van der Waals surface area contributed by atoms with Crippen LogP contribution in [0.25, 0.3) is 0 Å². The molecule has 1 saturated carbocycles. The first-order valence-corrected chi connectivity index (χ1v) is 41.8. The molecule has 0 aromatic heterocycles. The van der Waals surface area contributed by atoms with Gasteiger partial charge in [-0.05, 0) is 171 Å². The van der Waals surface area contributed by atoms with E-state index in [4.69, 9.17) is 36.1 Å². The van der Waals surface area contributed by atoms with Crippen LogP contribution in [-0.2, 0) is 51.7 Å². The van der Waals surface area contributed by atoms with E-state index in [9.17, 15) is 0 Å². The van der Waals surface area contributed by atoms with Gasteiger partial charge in [-0.15, -0.1) is 0 Å². The average molecular weight is 1520 g/mol. The summed E-state index contributed by atoms with van der Waals surface area (Å²) in [4.78, 5) is 2.39. The second kappa shape index (κ2) is 94.8. The fourth-order valence-electron chi connectivity index (χ4n) is 9.28. The van der Waals surface area contributed by atoms with Crippen molar-refractivity contribution in [2.75, 3.05) is 147 Å². The zero-order chi connectivity index (χ0) is 81.3. The highest BCUT2D eigenvalue weighted by Crippen LogP contribution is 2.15. The maximum Gasteiger partial charge on any atom is 0.0587 e. The first-order valence-electron chi connectivity index (χ1n) is 41.8. The molecule has 2 heterocycles. The van der Waals surface area contributed by atoms with Crippen molar-refractivity contribution in [1.82, 2.24) is 52.8 Å². The highest BCUT2D eigenvalue weighted by Gasteiger charge is 2.07. The molecule has 0 bridgehead atoms. The molecule has 0 spiro atoms. The number of nitrogens with one attached hydrogen (secondary N) is 9. The van der Waals surface area contributed by atoms with Crippen molar-refractivity contribution in [3.8, 4) is 0 Å². The summed E-state index contributed by atoms with van der Waals surface area (Å²) >= 11 is 0. The lowest BCUT2D eigenvalue weighted by molar-refractivity contribution is 0.180. The number of likely N-dealkylation sites (N-methyl/N-ethyl adjacent to an activating group) is 1. The minimum atomic E-state index is 0.384. The fourth-order valence-corrected chi connectivity index (χ4v) is 9.28. The Bertz CT molecular complexity index is 2220. The Morgan fingerprint density at radius 2 is 0.722 bits per heavy atom. The van der Waals surface area contributed by atoms with Crippen molar-refractivity contribution in [2.24, 2.45) is 23.1 Å². The predicted molar refractivity (Wildman–Crippen MR) is 477 cm³/mol. The lowest BCUT2D eigenvalue weighted by atomic mass is 9.97. The van der Waals surface area contributed by atoms with E-state index in [2.05, 4.69) is 247 Å². The second-order valence-electron chi connectivity index (χ2n) is 28.2. The Morgan fingerprint density at radius 1 is 0.398 bits per heavy atom. The number of nitrogens with two attached hydrogens (primary N) is 3. The highest BCUT2D eigenvalue weighted by molar-refractivity contribution is 5.18. The standard InChI is InChI=1S/C14H15N.C10H15N.C9H13N.C7H9N.C6H15NO2.C6H15NO.3C6H13N.2C6H15N.C5H13NO.C4H11N/c1-3-7-13(8-4-1)11-15-12-14-9-5-2-6-10-14;1-9(2)11-8-10-6-4-3-5-7-10;1-2-10-8-9-6-4-3-5-7-9;8-6-7-4-2-1-3-5-7;1-8-5-3-7-4-6-9-2;1-6(2)7-4-5-8-3;1-6-2-4-7-5-3-6;1-7-5-3-2-4-6-7;7-6-4-2-1-3-5-6;1-4-5-7-6(2)3;1-3-5-7-6-4-2;1-3-6-4-5-7-2;1-3-4(2)5/h1-10,15H,11-12H2;3-7,9,11H,8H2,1-2H3;3-7,10H,2,8H2,1H3;1-5H,6,8H2;7H,3-6H2,1-2H3;6-7H,4-5H2,1-3H3;6-7H,2-5H2,1H3;2-6H2,1H3;6H,1-5,7H2;6-7H,4-5H2,1-3H3;7H,3-6H2,1-2H3;6H,3-5H2,1-2H3;4H,3,5H2,1-2H3. The molecule has 628 valence electrons. The maximum absolute atomic E-state index is 5.63. The number of ether oxygens (including phenoxy) is 4. The lowest BCUT2D eigenvalue weighted by Crippen LogP contribution is -2.26. The minimum absolute atomic E-state index is 0.384. The van der Waals surface area contributed by atoms with Crippen LogP contribution in [0.1, 0.15) is 215 Å². The molecule has 1 unspecified atom stereocenters. The molecule has 0 amide bonds. The van der Waals surface area contributed by atoms with Gasteiger partial charge in [0.2, 0.25) is 0 Å². The number of methoxy groups -OCH3 is 4. The van der Waals surface area contributed by atoms with Crippen molar-refractivity contribution in [3.05, 3.63) is 179 Å². The van der Waals surface area contributed by atoms with Crippen molar-refractivity contribution in [2.45, 2.75) is 250 Å². The number of piperidine rings is 2. The molecule has 3 aliphatic rings. The van der Waals surface area contributed by atoms with E-state index in [1.54, 1.807) is 28.4 Å². The van der Waals surface area contributed by atoms with Crippen LogP contribution in [0.4, 0.5) is 0 Å². The summed E-state index contributed by atoms with van der Waals surface area (Å²) in [5, 5.41) is 29.4. The van der Waals surface area contributed by atoms with E-state index >= 15 is 0 Å². The monoisotopic (exact) mass is 1510 g/mol. The van der Waals surface area contributed by atoms with E-state index in [0.29, 0.717) is 36.8 Å². The van der Waals surface area contributed by atoms with Crippen LogP contribution in [-0.4, -0.2) is 182 Å². The second-order valence-corrected chi connectivity index (χ2v) is 28.2. The largest absolute Gasteiger partial charge is 0.383 e. The van der Waals surface area contributed by atoms with Crippen LogP contribution in [0.2, 0.25) is 0 Å². The molecule has 0 radical (unpaired) electrons. The Morgan fingerprint density at radius 3 is 0.991 bits per heavy atom. The van der Waals surface area contributed by atoms with E-state index in [0.717, 1.165) is 111 Å². The van der Waals surface area contributed by atoms with Gasteiger partial charge in [0, 0.05) is 118 Å². The normalized spacial score (nSPS) is 13.2. The summed E-state index contributed by atoms with van der Waals surface area (Å²) in [7, 11) is 8.99. The molecular weight excluding hydrogens is 1340 g/mol. The lowest BCUT2D eigenvalue weighted by Gasteiger charge is -2.20. The van der Waals surface area contributed by atoms with Gasteiger partial charge in [0.05, 0.1) is 26.4 Å². The number of nitrogens with zero attached hydrogens (tertiary/aromatic N) is 1. The summed E-state index contributed by atoms with van der Waals surface area (Å²) in [5.41, 5.74) is 22.8. The molecule has 17 heteroatoms. The first-order chi connectivity index (χ1) is 52.3. The van der Waals surface area contributed by atoms with Gasteiger partial charge in [-0.1, -0.05) is 267 Å². The van der Waals surface area contributed by atoms with E-state index in [1.807, 2.05) is 61.5 Å². The molecular formula is C91H175N13O4. The van der Waals surface area contributed by atoms with E-state index < -0.39 is 0 Å². The van der Waals surface area contributed by atoms with Gasteiger partial charge >= 0.3 is 0 Å². The Hall–Kier alpha value is -4.58. The van der Waals surface area contributed by atoms with Crippen molar-refractivity contribution in [3.63, 3.8) is 0 Å². The summed E-state index contributed by atoms with van der Waals surface area (Å²) in [5.74, 6) is 0.973. The molecule has 17 nitrogen and oxygen atoms in total. The Kier molecular flexibility index (Phi) is 98.3. The summed E-state index contributed by atoms with van der Waals surface area (Å²) < 4.78 is 19.2. The third-order valence-corrected chi connectivity index (χ3v) is 16.1. The van der Waals surface area contributed by atoms with Crippen LogP contribution in [0.3, 0.4) is 0 Å². The molecule has 2 saturated heterocycles. The Balaban J connectivity index is -0.000000358. The fraction of sp³-hybridized carbons (Fsp3) is 0.670. The van der Waals surface area contributed by atoms with Crippen molar-refractivity contribution < 1.29 is 18.9 Å². The van der Waals surface area contributed by atoms with Crippen molar-refractivity contribution >= 4 is 0 Å². The van der Waals surface area contributed by atoms with Gasteiger partial charge in [-0.25, -0.2) is 0 Å². The van der Waals surface area contributed by atoms with Crippen LogP contribution >= 0.6 is 0 Å². The van der Waals surface area contributed by atoms with Gasteiger partial charge in [0.1, 0.15) is 0 Å². The first kappa shape index (κ1) is 112. The van der Waals surface area contributed by atoms with Gasteiger partial charge in [-0.3, -0.25) is 0 Å². The number of likely N-dealkylation sites (tertiary alicyclic amines) is 1. The van der Waals surface area contributed by atoms with Gasteiger partial charge in [0.25, 0.3) is 0 Å². The topological polar surface area (TPSA) is 226 Å². The summed E-state index contributed by atoms with van der Waals surface area (Å²) in [6, 6.07) is 54.5. The summed E-state index contributed by atoms with van der Waals surface area (Å²) in [6.45, 7) is 52.0. The number of hydrogen-bond acceptors (Lipinski definition) is 17. The van der Waals surface area contributed by atoms with Crippen LogP contribution in [0.15, 0.2) is 152 Å². The number of rotatable bonds is 33. The minimum Gasteiger partial charge on any atom is -0.383 e. The van der Waals surface area contributed by atoms with Gasteiger partial charge in [-0.2, -0.15) is 0 Å². The molecule has 5 aromatic rings. The SMILES string of the molecule is CC(C)NCc1ccccc1.CC1CCNCC1.CCC(C)N.CCCNC(C)C.CCCNCCC.CCNCCOC.CCNCc1ccccc1.CN1CCCCC1.COCCNC(C)C.COCCNCCOC.NC1CCCCC1.NCc1ccccc1.c1ccc(CNCc2ccccc2)cc1. The number of benzene rings is 5. The molecule has 1 atom stereocenters. The zero-order valence-electron chi connectivity index (χ0n) is 73.2. The third kappa shape index (κ3) is 99.4. The quantitative estimate of drug-likeness (QED) is 0.0175. The average Bonchev–Trinajstić information content (AvgIpc) is 1.11. The van der Waals surface area contributed by atoms with Crippen LogP contribution < -0.4 is 65.1 Å². The highest BCUT2D eigenvalue weighted by atomic mass is 16.5. The molecule has 15 N–H and O–H groups in total. The molecule has 5 aromatic carbocycles. The summed E-state index contributed by atoms with van der Waals surface area (Å²) in [6.07, 6.45) is 18.5.